The molecule has 0 fully saturated rings. The van der Waals surface area contributed by atoms with Gasteiger partial charge in [0.2, 0.25) is 0 Å². The highest BCUT2D eigenvalue weighted by Gasteiger charge is 2.09. The number of nitrogens with two attached hydrogens (primary N) is 1. The maximum atomic E-state index is 6.07. The first-order valence-corrected chi connectivity index (χ1v) is 6.39. The minimum Gasteiger partial charge on any atom is -0.441 e. The normalized spacial score (nSPS) is 13.1. The van der Waals surface area contributed by atoms with Crippen molar-refractivity contribution in [2.75, 3.05) is 0 Å². The van der Waals surface area contributed by atoms with E-state index in [1.165, 1.54) is 19.3 Å². The summed E-state index contributed by atoms with van der Waals surface area (Å²) in [7, 11) is 0. The molecule has 3 heteroatoms. The zero-order valence-corrected chi connectivity index (χ0v) is 10.4. The van der Waals surface area contributed by atoms with Gasteiger partial charge < -0.3 is 10.2 Å². The molecular formula is C14H20N2O. The Bertz CT molecular complexity index is 431. The van der Waals surface area contributed by atoms with E-state index in [1.54, 1.807) is 0 Å². The Morgan fingerprint density at radius 3 is 2.88 bits per heavy atom. The van der Waals surface area contributed by atoms with E-state index in [0.29, 0.717) is 0 Å². The van der Waals surface area contributed by atoms with E-state index in [9.17, 15) is 0 Å². The van der Waals surface area contributed by atoms with Gasteiger partial charge in [-0.05, 0) is 18.6 Å². The van der Waals surface area contributed by atoms with Gasteiger partial charge in [-0.15, -0.1) is 0 Å². The number of aromatic nitrogens is 1. The molecule has 0 amide bonds. The maximum Gasteiger partial charge on any atom is 0.197 e. The highest BCUT2D eigenvalue weighted by Crippen LogP contribution is 2.16. The summed E-state index contributed by atoms with van der Waals surface area (Å²) in [5, 5.41) is 0. The number of unbranched alkanes of at least 4 members (excludes halogenated alkanes) is 2. The topological polar surface area (TPSA) is 52.0 Å². The van der Waals surface area contributed by atoms with Crippen LogP contribution in [-0.4, -0.2) is 11.0 Å². The van der Waals surface area contributed by atoms with Gasteiger partial charge in [0.15, 0.2) is 11.5 Å². The largest absolute Gasteiger partial charge is 0.441 e. The Morgan fingerprint density at radius 1 is 1.29 bits per heavy atom. The molecule has 0 aliphatic carbocycles. The minimum absolute atomic E-state index is 0.162. The Hall–Kier alpha value is -1.35. The van der Waals surface area contributed by atoms with Crippen LogP contribution in [0.2, 0.25) is 0 Å². The third-order valence-corrected chi connectivity index (χ3v) is 2.95. The molecule has 2 rings (SSSR count). The van der Waals surface area contributed by atoms with Crippen molar-refractivity contribution in [2.24, 2.45) is 5.73 Å². The van der Waals surface area contributed by atoms with E-state index in [1.807, 2.05) is 24.3 Å². The van der Waals surface area contributed by atoms with Gasteiger partial charge in [0.1, 0.15) is 5.52 Å². The fourth-order valence-electron chi connectivity index (χ4n) is 1.99. The molecule has 0 saturated heterocycles. The van der Waals surface area contributed by atoms with Gasteiger partial charge in [0.05, 0.1) is 0 Å². The highest BCUT2D eigenvalue weighted by atomic mass is 16.3. The van der Waals surface area contributed by atoms with Crippen LogP contribution in [0.5, 0.6) is 0 Å². The van der Waals surface area contributed by atoms with Crippen LogP contribution in [0.1, 0.15) is 38.5 Å². The first-order chi connectivity index (χ1) is 8.29. The van der Waals surface area contributed by atoms with Crippen molar-refractivity contribution in [3.05, 3.63) is 30.2 Å². The molecule has 0 aliphatic rings. The fraction of sp³-hybridized carbons (Fsp3) is 0.500. The highest BCUT2D eigenvalue weighted by molar-refractivity contribution is 5.72. The van der Waals surface area contributed by atoms with Crippen LogP contribution < -0.4 is 5.73 Å². The lowest BCUT2D eigenvalue weighted by molar-refractivity contribution is 0.472. The second-order valence-corrected chi connectivity index (χ2v) is 4.54. The monoisotopic (exact) mass is 232 g/mol. The zero-order valence-electron chi connectivity index (χ0n) is 10.4. The second-order valence-electron chi connectivity index (χ2n) is 4.54. The lowest BCUT2D eigenvalue weighted by Gasteiger charge is -2.07. The fourth-order valence-corrected chi connectivity index (χ4v) is 1.99. The molecular weight excluding hydrogens is 212 g/mol. The number of oxazole rings is 1. The minimum atomic E-state index is 0.162. The van der Waals surface area contributed by atoms with Gasteiger partial charge in [-0.25, -0.2) is 4.98 Å². The molecule has 1 aromatic heterocycles. The van der Waals surface area contributed by atoms with Gasteiger partial charge >= 0.3 is 0 Å². The van der Waals surface area contributed by atoms with Crippen molar-refractivity contribution < 1.29 is 4.42 Å². The number of rotatable bonds is 6. The van der Waals surface area contributed by atoms with Crippen LogP contribution in [-0.2, 0) is 6.42 Å². The molecule has 0 radical (unpaired) electrons. The summed E-state index contributed by atoms with van der Waals surface area (Å²) in [4.78, 5) is 4.43. The Kier molecular flexibility index (Phi) is 4.15. The molecule has 0 aliphatic heterocycles. The Balaban J connectivity index is 1.93. The molecule has 3 nitrogen and oxygen atoms in total. The third-order valence-electron chi connectivity index (χ3n) is 2.95. The number of nitrogens with zero attached hydrogens (tertiary/aromatic N) is 1. The first kappa shape index (κ1) is 12.1. The molecule has 2 N–H and O–H groups in total. The average Bonchev–Trinajstić information content (AvgIpc) is 2.71. The number of benzene rings is 1. The summed E-state index contributed by atoms with van der Waals surface area (Å²) in [6.45, 7) is 2.20. The molecule has 0 bridgehead atoms. The Labute approximate surface area is 102 Å². The third kappa shape index (κ3) is 3.30. The first-order valence-electron chi connectivity index (χ1n) is 6.39. The van der Waals surface area contributed by atoms with Crippen LogP contribution in [0.3, 0.4) is 0 Å². The standard InChI is InChI=1S/C14H20N2O/c1-2-3-4-7-11(15)10-14-16-12-8-5-6-9-13(12)17-14/h5-6,8-9,11H,2-4,7,10,15H2,1H3. The van der Waals surface area contributed by atoms with Crippen molar-refractivity contribution in [1.82, 2.24) is 4.98 Å². The van der Waals surface area contributed by atoms with Crippen molar-refractivity contribution in [3.63, 3.8) is 0 Å². The molecule has 92 valence electrons. The smallest absolute Gasteiger partial charge is 0.197 e. The van der Waals surface area contributed by atoms with E-state index in [4.69, 9.17) is 10.2 Å². The molecule has 0 spiro atoms. The van der Waals surface area contributed by atoms with Crippen LogP contribution in [0, 0.1) is 0 Å². The van der Waals surface area contributed by atoms with Gasteiger partial charge in [-0.2, -0.15) is 0 Å². The molecule has 1 unspecified atom stereocenters. The SMILES string of the molecule is CCCCCC(N)Cc1nc2ccccc2o1. The van der Waals surface area contributed by atoms with Crippen LogP contribution >= 0.6 is 0 Å². The average molecular weight is 232 g/mol. The van der Waals surface area contributed by atoms with Gasteiger partial charge in [0.25, 0.3) is 0 Å². The molecule has 2 aromatic rings. The summed E-state index contributed by atoms with van der Waals surface area (Å²) in [6, 6.07) is 7.99. The van der Waals surface area contributed by atoms with E-state index in [-0.39, 0.29) is 6.04 Å². The molecule has 17 heavy (non-hydrogen) atoms. The van der Waals surface area contributed by atoms with Crippen molar-refractivity contribution in [1.29, 1.82) is 0 Å². The predicted octanol–water partition coefficient (Wildman–Crippen LogP) is 3.28. The summed E-state index contributed by atoms with van der Waals surface area (Å²) >= 11 is 0. The Morgan fingerprint density at radius 2 is 2.12 bits per heavy atom. The van der Waals surface area contributed by atoms with Crippen LogP contribution in [0.25, 0.3) is 11.1 Å². The molecule has 1 aromatic carbocycles. The number of fused-ring (bicyclic) bond motifs is 1. The van der Waals surface area contributed by atoms with Gasteiger partial charge in [-0.1, -0.05) is 38.3 Å². The maximum absolute atomic E-state index is 6.07. The zero-order chi connectivity index (χ0) is 12.1. The number of hydrogen-bond acceptors (Lipinski definition) is 3. The summed E-state index contributed by atoms with van der Waals surface area (Å²) in [5.74, 6) is 0.759. The molecule has 1 heterocycles. The van der Waals surface area contributed by atoms with E-state index in [0.717, 1.165) is 29.8 Å². The predicted molar refractivity (Wildman–Crippen MR) is 69.8 cm³/mol. The van der Waals surface area contributed by atoms with Crippen molar-refractivity contribution >= 4 is 11.1 Å². The quantitative estimate of drug-likeness (QED) is 0.778. The van der Waals surface area contributed by atoms with E-state index >= 15 is 0 Å². The van der Waals surface area contributed by atoms with Gasteiger partial charge in [0, 0.05) is 12.5 Å². The lowest BCUT2D eigenvalue weighted by atomic mass is 10.1. The molecule has 1 atom stereocenters. The van der Waals surface area contributed by atoms with Crippen molar-refractivity contribution in [3.8, 4) is 0 Å². The van der Waals surface area contributed by atoms with E-state index in [2.05, 4.69) is 11.9 Å². The van der Waals surface area contributed by atoms with E-state index < -0.39 is 0 Å². The lowest BCUT2D eigenvalue weighted by Crippen LogP contribution is -2.22. The summed E-state index contributed by atoms with van der Waals surface area (Å²) in [5.41, 5.74) is 7.84. The second kappa shape index (κ2) is 5.82. The van der Waals surface area contributed by atoms with Crippen molar-refractivity contribution in [2.45, 2.75) is 45.1 Å². The van der Waals surface area contributed by atoms with Crippen LogP contribution in [0.15, 0.2) is 28.7 Å². The molecule has 0 saturated carbocycles. The number of hydrogen-bond donors (Lipinski definition) is 1. The summed E-state index contributed by atoms with van der Waals surface area (Å²) < 4.78 is 5.65. The summed E-state index contributed by atoms with van der Waals surface area (Å²) in [6.07, 6.45) is 5.46. The van der Waals surface area contributed by atoms with Crippen LogP contribution in [0.4, 0.5) is 0 Å². The van der Waals surface area contributed by atoms with Gasteiger partial charge in [-0.3, -0.25) is 0 Å². The number of para-hydroxylation sites is 2.